The van der Waals surface area contributed by atoms with E-state index in [0.717, 1.165) is 62.1 Å². The second-order valence-corrected chi connectivity index (χ2v) is 16.9. The molecule has 3 heterocycles. The average molecular weight is 634 g/mol. The monoisotopic (exact) mass is 633 g/mol. The fraction of sp³-hybridized carbons (Fsp3) is 0.0455. The predicted molar refractivity (Wildman–Crippen MR) is 199 cm³/mol. The van der Waals surface area contributed by atoms with Crippen molar-refractivity contribution in [1.82, 2.24) is 0 Å². The van der Waals surface area contributed by atoms with Gasteiger partial charge in [0.2, 0.25) is 0 Å². The molecule has 7 aromatic rings. The quantitative estimate of drug-likeness (QED) is 0.180. The molecule has 0 fully saturated rings. The molecule has 4 heteroatoms. The Morgan fingerprint density at radius 3 is 1.40 bits per heavy atom. The Hall–Kier alpha value is -5.84. The Bertz CT molecular complexity index is 2280. The maximum Gasteiger partial charge on any atom is 0.170 e. The van der Waals surface area contributed by atoms with Crippen LogP contribution in [0.5, 0.6) is 23.0 Å². The highest BCUT2D eigenvalue weighted by atomic mass is 28.3. The van der Waals surface area contributed by atoms with Gasteiger partial charge in [-0.25, -0.2) is 0 Å². The van der Waals surface area contributed by atoms with Crippen LogP contribution < -0.4 is 29.9 Å². The highest BCUT2D eigenvalue weighted by Crippen LogP contribution is 2.53. The fourth-order valence-electron chi connectivity index (χ4n) is 8.12. The largest absolute Gasteiger partial charge is 0.457 e. The van der Waals surface area contributed by atoms with E-state index in [4.69, 9.17) is 9.47 Å². The third-order valence-electron chi connectivity index (χ3n) is 10.3. The molecule has 228 valence electrons. The van der Waals surface area contributed by atoms with Gasteiger partial charge >= 0.3 is 0 Å². The molecule has 10 rings (SSSR count). The Kier molecular flexibility index (Phi) is 5.73. The molecule has 0 atom stereocenters. The predicted octanol–water partition coefficient (Wildman–Crippen LogP) is 10.1. The van der Waals surface area contributed by atoms with Crippen molar-refractivity contribution in [2.45, 2.75) is 13.5 Å². The highest BCUT2D eigenvalue weighted by molar-refractivity contribution is 7.14. The van der Waals surface area contributed by atoms with Gasteiger partial charge in [0.25, 0.3) is 0 Å². The maximum atomic E-state index is 7.21. The average Bonchev–Trinajstić information content (AvgIpc) is 3.13. The van der Waals surface area contributed by atoms with Crippen LogP contribution >= 0.6 is 0 Å². The zero-order chi connectivity index (χ0) is 32.0. The number of rotatable bonds is 4. The SMILES string of the molecule is Cc1ccc(N2c3ccc(-c4ccccc4)c4c3[Si]3(C)c5c(cc(-c6ccccc6)cc5Oc5c(-c6ccccc6)ccc2c53)O4)cc1. The van der Waals surface area contributed by atoms with Gasteiger partial charge in [-0.2, -0.15) is 0 Å². The van der Waals surface area contributed by atoms with E-state index in [9.17, 15) is 0 Å². The summed E-state index contributed by atoms with van der Waals surface area (Å²) in [4.78, 5) is 2.43. The van der Waals surface area contributed by atoms with E-state index < -0.39 is 8.07 Å². The number of ether oxygens (including phenoxy) is 2. The molecule has 3 nitrogen and oxygen atoms in total. The molecule has 0 radical (unpaired) electrons. The van der Waals surface area contributed by atoms with Gasteiger partial charge in [-0.1, -0.05) is 115 Å². The van der Waals surface area contributed by atoms with Crippen molar-refractivity contribution in [3.8, 4) is 56.4 Å². The first kappa shape index (κ1) is 27.3. The zero-order valence-corrected chi connectivity index (χ0v) is 27.7. The molecule has 0 unspecified atom stereocenters. The normalized spacial score (nSPS) is 14.1. The number of hydrogen-bond donors (Lipinski definition) is 0. The maximum absolute atomic E-state index is 7.21. The molecule has 0 bridgehead atoms. The van der Waals surface area contributed by atoms with Crippen molar-refractivity contribution in [3.05, 3.63) is 157 Å². The minimum absolute atomic E-state index is 0.896. The van der Waals surface area contributed by atoms with Gasteiger partial charge in [-0.3, -0.25) is 0 Å². The van der Waals surface area contributed by atoms with Gasteiger partial charge in [-0.05, 0) is 77.7 Å². The number of aryl methyl sites for hydroxylation is 1. The number of hydrogen-bond acceptors (Lipinski definition) is 3. The van der Waals surface area contributed by atoms with E-state index in [1.807, 2.05) is 0 Å². The fourth-order valence-corrected chi connectivity index (χ4v) is 12.8. The molecule has 0 aliphatic carbocycles. The minimum Gasteiger partial charge on any atom is -0.457 e. The summed E-state index contributed by atoms with van der Waals surface area (Å²) in [5, 5.41) is 3.81. The second kappa shape index (κ2) is 10.1. The van der Waals surface area contributed by atoms with Crippen molar-refractivity contribution >= 4 is 40.7 Å². The summed E-state index contributed by atoms with van der Waals surface area (Å²) in [5.41, 5.74) is 11.5. The molecule has 3 aliphatic rings. The Morgan fingerprint density at radius 2 is 0.917 bits per heavy atom. The van der Waals surface area contributed by atoms with Crippen molar-refractivity contribution in [2.24, 2.45) is 0 Å². The van der Waals surface area contributed by atoms with Gasteiger partial charge < -0.3 is 14.4 Å². The summed E-state index contributed by atoms with van der Waals surface area (Å²) in [5.74, 6) is 3.70. The third-order valence-corrected chi connectivity index (χ3v) is 14.8. The van der Waals surface area contributed by atoms with Crippen LogP contribution in [-0.4, -0.2) is 8.07 Å². The van der Waals surface area contributed by atoms with Gasteiger partial charge in [-0.15, -0.1) is 0 Å². The van der Waals surface area contributed by atoms with Crippen molar-refractivity contribution in [3.63, 3.8) is 0 Å². The Morgan fingerprint density at radius 1 is 0.458 bits per heavy atom. The van der Waals surface area contributed by atoms with Gasteiger partial charge in [0, 0.05) is 43.7 Å². The van der Waals surface area contributed by atoms with E-state index in [-0.39, 0.29) is 0 Å². The summed E-state index contributed by atoms with van der Waals surface area (Å²) < 4.78 is 14.4. The topological polar surface area (TPSA) is 21.7 Å². The first-order chi connectivity index (χ1) is 23.6. The summed E-state index contributed by atoms with van der Waals surface area (Å²) in [6.07, 6.45) is 0. The minimum atomic E-state index is -2.74. The van der Waals surface area contributed by atoms with Crippen LogP contribution in [0.3, 0.4) is 0 Å². The highest BCUT2D eigenvalue weighted by Gasteiger charge is 2.56. The molecular formula is C44H31NO2Si. The first-order valence-electron chi connectivity index (χ1n) is 16.5. The molecule has 0 saturated carbocycles. The molecule has 48 heavy (non-hydrogen) atoms. The number of benzene rings is 7. The molecule has 0 aromatic heterocycles. The summed E-state index contributed by atoms with van der Waals surface area (Å²) >= 11 is 0. The molecule has 3 aliphatic heterocycles. The molecule has 0 N–H and O–H groups in total. The van der Waals surface area contributed by atoms with E-state index in [1.165, 1.54) is 32.5 Å². The van der Waals surface area contributed by atoms with Crippen molar-refractivity contribution in [1.29, 1.82) is 0 Å². The van der Waals surface area contributed by atoms with E-state index in [2.05, 4.69) is 170 Å². The molecule has 7 aromatic carbocycles. The van der Waals surface area contributed by atoms with E-state index in [0.29, 0.717) is 0 Å². The molecular weight excluding hydrogens is 603 g/mol. The van der Waals surface area contributed by atoms with Crippen LogP contribution in [0, 0.1) is 6.92 Å². The lowest BCUT2D eigenvalue weighted by molar-refractivity contribution is 0.465. The Labute approximate surface area is 281 Å². The first-order valence-corrected chi connectivity index (χ1v) is 19.0. The third kappa shape index (κ3) is 3.75. The summed E-state index contributed by atoms with van der Waals surface area (Å²) in [6.45, 7) is 4.66. The van der Waals surface area contributed by atoms with E-state index in [1.54, 1.807) is 0 Å². The van der Waals surface area contributed by atoms with Crippen LogP contribution in [-0.2, 0) is 0 Å². The lowest BCUT2D eigenvalue weighted by Crippen LogP contribution is -2.71. The van der Waals surface area contributed by atoms with Crippen LogP contribution in [0.1, 0.15) is 5.56 Å². The van der Waals surface area contributed by atoms with Crippen LogP contribution in [0.4, 0.5) is 17.1 Å². The van der Waals surface area contributed by atoms with Crippen molar-refractivity contribution in [2.75, 3.05) is 4.90 Å². The number of nitrogens with zero attached hydrogens (tertiary/aromatic N) is 1. The molecule has 0 spiro atoms. The summed E-state index contributed by atoms with van der Waals surface area (Å²) in [7, 11) is -2.74. The number of anilines is 3. The summed E-state index contributed by atoms with van der Waals surface area (Å²) in [6, 6.07) is 54.3. The van der Waals surface area contributed by atoms with Crippen molar-refractivity contribution < 1.29 is 9.47 Å². The Balaban J connectivity index is 1.35. The van der Waals surface area contributed by atoms with Gasteiger partial charge in [0.1, 0.15) is 23.0 Å². The van der Waals surface area contributed by atoms with Gasteiger partial charge in [0.15, 0.2) is 8.07 Å². The van der Waals surface area contributed by atoms with Crippen LogP contribution in [0.25, 0.3) is 33.4 Å². The smallest absolute Gasteiger partial charge is 0.170 e. The standard InChI is InChI=1S/C44H31NO2Si/c1-28-18-20-33(21-19-28)45-36-24-22-34(30-14-8-4-9-15-30)40-42(36)48(2)43-37(45)25-23-35(31-16-10-5-11-17-31)41(43)47-39-27-32(26-38(46-40)44(39)48)29-12-6-3-7-13-29/h3-27H,1-2H3. The van der Waals surface area contributed by atoms with Gasteiger partial charge in [0.05, 0.1) is 0 Å². The lowest BCUT2D eigenvalue weighted by atomic mass is 10.00. The molecule has 0 saturated heterocycles. The lowest BCUT2D eigenvalue weighted by Gasteiger charge is -2.49. The van der Waals surface area contributed by atoms with Crippen LogP contribution in [0.2, 0.25) is 6.55 Å². The second-order valence-electron chi connectivity index (χ2n) is 13.1. The molecule has 0 amide bonds. The van der Waals surface area contributed by atoms with Crippen LogP contribution in [0.15, 0.2) is 152 Å². The zero-order valence-electron chi connectivity index (χ0n) is 26.7. The van der Waals surface area contributed by atoms with E-state index >= 15 is 0 Å².